The number of nitrogens with zero attached hydrogens (tertiary/aromatic N) is 1. The highest BCUT2D eigenvalue weighted by molar-refractivity contribution is 5.13. The molecule has 1 saturated heterocycles. The van der Waals surface area contributed by atoms with Gasteiger partial charge in [-0.2, -0.15) is 5.06 Å². The number of hydroxylamine groups is 2. The minimum Gasteiger partial charge on any atom is -0.371 e. The zero-order valence-corrected chi connectivity index (χ0v) is 9.25. The maximum absolute atomic E-state index is 9.54. The average Bonchev–Trinajstić information content (AvgIpc) is 2.68. The Morgan fingerprint density at radius 2 is 2.19 bits per heavy atom. The van der Waals surface area contributed by atoms with Gasteiger partial charge in [-0.15, -0.1) is 6.58 Å². The molecule has 0 aromatic heterocycles. The van der Waals surface area contributed by atoms with Crippen molar-refractivity contribution in [1.29, 1.82) is 0 Å². The Balaban J connectivity index is 1.89. The molecule has 2 atom stereocenters. The normalized spacial score (nSPS) is 25.8. The molecule has 1 aliphatic heterocycles. The first kappa shape index (κ1) is 11.3. The molecule has 0 aliphatic carbocycles. The molecular weight excluding hydrogens is 202 g/mol. The molecule has 0 saturated carbocycles. The van der Waals surface area contributed by atoms with Gasteiger partial charge in [-0.1, -0.05) is 36.4 Å². The number of rotatable bonds is 4. The first-order valence-electron chi connectivity index (χ1n) is 5.55. The standard InChI is InChI=1S/C13H17NO2/c1-2-12-13(8-9-14(12)15)16-10-11-6-4-3-5-7-11/h2-7,12-13,15H,1,8-10H2/t12-,13+/m1/s1. The number of hydrogen-bond acceptors (Lipinski definition) is 3. The van der Waals surface area contributed by atoms with E-state index in [1.54, 1.807) is 6.08 Å². The first-order chi connectivity index (χ1) is 7.81. The van der Waals surface area contributed by atoms with Crippen molar-refractivity contribution in [3.63, 3.8) is 0 Å². The van der Waals surface area contributed by atoms with Crippen LogP contribution in [0.25, 0.3) is 0 Å². The third-order valence-electron chi connectivity index (χ3n) is 2.92. The Hall–Kier alpha value is -1.16. The first-order valence-corrected chi connectivity index (χ1v) is 5.55. The van der Waals surface area contributed by atoms with E-state index in [9.17, 15) is 5.21 Å². The Bertz CT molecular complexity index is 339. The van der Waals surface area contributed by atoms with Crippen LogP contribution in [-0.4, -0.2) is 29.0 Å². The van der Waals surface area contributed by atoms with Crippen LogP contribution in [0.15, 0.2) is 43.0 Å². The quantitative estimate of drug-likeness (QED) is 0.788. The smallest absolute Gasteiger partial charge is 0.0806 e. The zero-order valence-electron chi connectivity index (χ0n) is 9.25. The van der Waals surface area contributed by atoms with Gasteiger partial charge in [0.2, 0.25) is 0 Å². The predicted octanol–water partition coefficient (Wildman–Crippen LogP) is 2.22. The van der Waals surface area contributed by atoms with Crippen molar-refractivity contribution < 1.29 is 9.94 Å². The second-order valence-electron chi connectivity index (χ2n) is 4.01. The molecule has 0 unspecified atom stereocenters. The topological polar surface area (TPSA) is 32.7 Å². The summed E-state index contributed by atoms with van der Waals surface area (Å²) in [6, 6.07) is 9.97. The Labute approximate surface area is 95.9 Å². The van der Waals surface area contributed by atoms with Crippen molar-refractivity contribution in [3.8, 4) is 0 Å². The lowest BCUT2D eigenvalue weighted by Crippen LogP contribution is -2.31. The minimum atomic E-state index is -0.0799. The average molecular weight is 219 g/mol. The van der Waals surface area contributed by atoms with E-state index in [0.717, 1.165) is 12.0 Å². The molecule has 1 aliphatic rings. The molecule has 0 amide bonds. The van der Waals surface area contributed by atoms with Crippen molar-refractivity contribution >= 4 is 0 Å². The van der Waals surface area contributed by atoms with Gasteiger partial charge in [0.1, 0.15) is 0 Å². The zero-order chi connectivity index (χ0) is 11.4. The summed E-state index contributed by atoms with van der Waals surface area (Å²) in [6.45, 7) is 4.95. The van der Waals surface area contributed by atoms with Gasteiger partial charge < -0.3 is 9.94 Å². The molecule has 0 spiro atoms. The molecule has 3 nitrogen and oxygen atoms in total. The van der Waals surface area contributed by atoms with E-state index in [1.807, 2.05) is 30.3 Å². The summed E-state index contributed by atoms with van der Waals surface area (Å²) >= 11 is 0. The predicted molar refractivity (Wildman–Crippen MR) is 62.1 cm³/mol. The fraction of sp³-hybridized carbons (Fsp3) is 0.385. The Kier molecular flexibility index (Phi) is 3.72. The summed E-state index contributed by atoms with van der Waals surface area (Å²) in [4.78, 5) is 0. The molecule has 16 heavy (non-hydrogen) atoms. The van der Waals surface area contributed by atoms with Crippen molar-refractivity contribution in [2.75, 3.05) is 6.54 Å². The molecule has 1 fully saturated rings. The van der Waals surface area contributed by atoms with Crippen LogP contribution >= 0.6 is 0 Å². The summed E-state index contributed by atoms with van der Waals surface area (Å²) in [5.74, 6) is 0. The van der Waals surface area contributed by atoms with Crippen molar-refractivity contribution in [2.45, 2.75) is 25.2 Å². The second kappa shape index (κ2) is 5.25. The van der Waals surface area contributed by atoms with Gasteiger partial charge in [-0.3, -0.25) is 0 Å². The van der Waals surface area contributed by atoms with Gasteiger partial charge in [-0.05, 0) is 12.0 Å². The van der Waals surface area contributed by atoms with Gasteiger partial charge in [0.15, 0.2) is 0 Å². The molecule has 2 rings (SSSR count). The highest BCUT2D eigenvalue weighted by atomic mass is 16.5. The van der Waals surface area contributed by atoms with Crippen LogP contribution in [0, 0.1) is 0 Å². The van der Waals surface area contributed by atoms with Gasteiger partial charge >= 0.3 is 0 Å². The van der Waals surface area contributed by atoms with E-state index < -0.39 is 0 Å². The van der Waals surface area contributed by atoms with E-state index in [-0.39, 0.29) is 12.1 Å². The second-order valence-corrected chi connectivity index (χ2v) is 4.01. The van der Waals surface area contributed by atoms with Crippen molar-refractivity contribution in [1.82, 2.24) is 5.06 Å². The minimum absolute atomic E-state index is 0.0442. The third-order valence-corrected chi connectivity index (χ3v) is 2.92. The monoisotopic (exact) mass is 219 g/mol. The highest BCUT2D eigenvalue weighted by Gasteiger charge is 2.31. The third kappa shape index (κ3) is 2.50. The largest absolute Gasteiger partial charge is 0.371 e. The summed E-state index contributed by atoms with van der Waals surface area (Å²) < 4.78 is 5.79. The lowest BCUT2D eigenvalue weighted by Gasteiger charge is -2.20. The molecule has 3 heteroatoms. The molecule has 1 aromatic rings. The van der Waals surface area contributed by atoms with Gasteiger partial charge in [0.05, 0.1) is 18.8 Å². The van der Waals surface area contributed by atoms with Crippen molar-refractivity contribution in [2.24, 2.45) is 0 Å². The lowest BCUT2D eigenvalue weighted by atomic mass is 10.1. The maximum Gasteiger partial charge on any atom is 0.0806 e. The van der Waals surface area contributed by atoms with E-state index in [2.05, 4.69) is 6.58 Å². The fourth-order valence-electron chi connectivity index (χ4n) is 2.00. The van der Waals surface area contributed by atoms with Gasteiger partial charge in [-0.25, -0.2) is 0 Å². The molecule has 1 heterocycles. The van der Waals surface area contributed by atoms with E-state index >= 15 is 0 Å². The van der Waals surface area contributed by atoms with Crippen LogP contribution in [0.2, 0.25) is 0 Å². The summed E-state index contributed by atoms with van der Waals surface area (Å²) in [5, 5.41) is 10.8. The summed E-state index contributed by atoms with van der Waals surface area (Å²) in [7, 11) is 0. The van der Waals surface area contributed by atoms with Crippen LogP contribution < -0.4 is 0 Å². The number of hydrogen-bond donors (Lipinski definition) is 1. The van der Waals surface area contributed by atoms with Crippen molar-refractivity contribution in [3.05, 3.63) is 48.6 Å². The molecule has 86 valence electrons. The molecular formula is C13H17NO2. The summed E-state index contributed by atoms with van der Waals surface area (Å²) in [5.41, 5.74) is 1.15. The van der Waals surface area contributed by atoms with Crippen LogP contribution in [0.1, 0.15) is 12.0 Å². The lowest BCUT2D eigenvalue weighted by molar-refractivity contribution is -0.109. The molecule has 1 N–H and O–H groups in total. The van der Waals surface area contributed by atoms with Crippen LogP contribution in [0.3, 0.4) is 0 Å². The maximum atomic E-state index is 9.54. The van der Waals surface area contributed by atoms with Gasteiger partial charge in [0.25, 0.3) is 0 Å². The SMILES string of the molecule is C=C[C@@H]1[C@@H](OCc2ccccc2)CCN1O. The van der Waals surface area contributed by atoms with Gasteiger partial charge in [0, 0.05) is 6.54 Å². The highest BCUT2D eigenvalue weighted by Crippen LogP contribution is 2.20. The molecule has 0 radical (unpaired) electrons. The van der Waals surface area contributed by atoms with E-state index in [4.69, 9.17) is 4.74 Å². The Morgan fingerprint density at radius 3 is 2.88 bits per heavy atom. The van der Waals surface area contributed by atoms with E-state index in [0.29, 0.717) is 13.2 Å². The number of ether oxygens (including phenoxy) is 1. The van der Waals surface area contributed by atoms with E-state index in [1.165, 1.54) is 5.06 Å². The fourth-order valence-corrected chi connectivity index (χ4v) is 2.00. The summed E-state index contributed by atoms with van der Waals surface area (Å²) in [6.07, 6.45) is 2.63. The Morgan fingerprint density at radius 1 is 1.44 bits per heavy atom. The molecule has 0 bridgehead atoms. The molecule has 1 aromatic carbocycles. The van der Waals surface area contributed by atoms with Crippen LogP contribution in [0.4, 0.5) is 0 Å². The van der Waals surface area contributed by atoms with Crippen LogP contribution in [-0.2, 0) is 11.3 Å². The van der Waals surface area contributed by atoms with Crippen LogP contribution in [0.5, 0.6) is 0 Å². The number of benzene rings is 1.